The third-order valence-corrected chi connectivity index (χ3v) is 8.63. The molecule has 3 rings (SSSR count). The van der Waals surface area contributed by atoms with Gasteiger partial charge in [-0.05, 0) is 60.9 Å². The SMILES string of the molecule is CC[C@H](CC(=O)O)c1ccc(N(CC(C)C)C2CCS(=O)(=O)CC2)c(NC(=O)Nc2ccc(OC)cc2F)c1. The van der Waals surface area contributed by atoms with Crippen molar-refractivity contribution in [3.05, 3.63) is 47.8 Å². The van der Waals surface area contributed by atoms with E-state index in [9.17, 15) is 27.5 Å². The molecule has 1 aliphatic heterocycles. The Balaban J connectivity index is 1.99. The van der Waals surface area contributed by atoms with Crippen LogP contribution in [0.1, 0.15) is 57.9 Å². The lowest BCUT2D eigenvalue weighted by atomic mass is 9.92. The maximum absolute atomic E-state index is 14.5. The first-order valence-electron chi connectivity index (χ1n) is 13.2. The smallest absolute Gasteiger partial charge is 0.323 e. The van der Waals surface area contributed by atoms with Crippen molar-refractivity contribution in [3.63, 3.8) is 0 Å². The van der Waals surface area contributed by atoms with Gasteiger partial charge in [-0.15, -0.1) is 0 Å². The van der Waals surface area contributed by atoms with Crippen molar-refractivity contribution in [2.75, 3.05) is 40.7 Å². The summed E-state index contributed by atoms with van der Waals surface area (Å²) in [5.74, 6) is -1.08. The minimum Gasteiger partial charge on any atom is -0.497 e. The number of sulfone groups is 1. The molecule has 0 bridgehead atoms. The molecule has 0 spiro atoms. The van der Waals surface area contributed by atoms with Crippen LogP contribution in [-0.2, 0) is 14.6 Å². The second-order valence-corrected chi connectivity index (χ2v) is 12.6. The van der Waals surface area contributed by atoms with Crippen molar-refractivity contribution in [3.8, 4) is 5.75 Å². The average molecular weight is 564 g/mol. The number of carbonyl (C=O) groups is 2. The molecule has 39 heavy (non-hydrogen) atoms. The quantitative estimate of drug-likeness (QED) is 0.330. The topological polar surface area (TPSA) is 125 Å². The zero-order valence-corrected chi connectivity index (χ0v) is 23.7. The van der Waals surface area contributed by atoms with Gasteiger partial charge in [0, 0.05) is 18.7 Å². The number of anilines is 3. The Bertz CT molecular complexity index is 1270. The van der Waals surface area contributed by atoms with Gasteiger partial charge in [-0.25, -0.2) is 17.6 Å². The summed E-state index contributed by atoms with van der Waals surface area (Å²) in [6, 6.07) is 8.87. The minimum absolute atomic E-state index is 0.0279. The number of nitrogens with zero attached hydrogens (tertiary/aromatic N) is 1. The van der Waals surface area contributed by atoms with Crippen LogP contribution in [0.4, 0.5) is 26.2 Å². The van der Waals surface area contributed by atoms with Crippen LogP contribution in [0.25, 0.3) is 0 Å². The molecule has 1 saturated heterocycles. The van der Waals surface area contributed by atoms with Crippen molar-refractivity contribution in [2.45, 2.75) is 58.4 Å². The van der Waals surface area contributed by atoms with Gasteiger partial charge >= 0.3 is 12.0 Å². The van der Waals surface area contributed by atoms with Crippen LogP contribution < -0.4 is 20.3 Å². The van der Waals surface area contributed by atoms with E-state index >= 15 is 0 Å². The summed E-state index contributed by atoms with van der Waals surface area (Å²) in [5, 5.41) is 14.8. The predicted molar refractivity (Wildman–Crippen MR) is 151 cm³/mol. The first-order chi connectivity index (χ1) is 18.4. The highest BCUT2D eigenvalue weighted by Gasteiger charge is 2.30. The third kappa shape index (κ3) is 8.32. The minimum atomic E-state index is -3.07. The van der Waals surface area contributed by atoms with E-state index in [4.69, 9.17) is 4.74 Å². The molecule has 0 unspecified atom stereocenters. The fourth-order valence-corrected chi connectivity index (χ4v) is 6.36. The van der Waals surface area contributed by atoms with E-state index in [-0.39, 0.29) is 41.5 Å². The largest absolute Gasteiger partial charge is 0.497 e. The molecule has 0 aliphatic carbocycles. The maximum Gasteiger partial charge on any atom is 0.323 e. The number of nitrogens with one attached hydrogen (secondary N) is 2. The van der Waals surface area contributed by atoms with E-state index in [1.54, 1.807) is 6.07 Å². The van der Waals surface area contributed by atoms with Gasteiger partial charge in [-0.3, -0.25) is 4.79 Å². The van der Waals surface area contributed by atoms with E-state index < -0.39 is 27.7 Å². The Labute approximate surface area is 229 Å². The van der Waals surface area contributed by atoms with E-state index in [2.05, 4.69) is 29.4 Å². The van der Waals surface area contributed by atoms with Gasteiger partial charge < -0.3 is 25.4 Å². The van der Waals surface area contributed by atoms with Crippen LogP contribution >= 0.6 is 0 Å². The summed E-state index contributed by atoms with van der Waals surface area (Å²) >= 11 is 0. The van der Waals surface area contributed by atoms with Crippen LogP contribution in [0.5, 0.6) is 5.75 Å². The zero-order valence-electron chi connectivity index (χ0n) is 22.9. The molecule has 2 amide bonds. The molecular formula is C28H38FN3O6S. The van der Waals surface area contributed by atoms with Crippen LogP contribution in [0.2, 0.25) is 0 Å². The van der Waals surface area contributed by atoms with Crippen molar-refractivity contribution >= 4 is 38.9 Å². The summed E-state index contributed by atoms with van der Waals surface area (Å²) in [6.07, 6.45) is 1.46. The number of benzene rings is 2. The van der Waals surface area contributed by atoms with Crippen molar-refractivity contribution in [1.82, 2.24) is 0 Å². The number of halogens is 1. The van der Waals surface area contributed by atoms with Crippen LogP contribution in [0.15, 0.2) is 36.4 Å². The van der Waals surface area contributed by atoms with Gasteiger partial charge in [0.25, 0.3) is 0 Å². The number of carboxylic acids is 1. The van der Waals surface area contributed by atoms with Crippen LogP contribution in [0, 0.1) is 11.7 Å². The van der Waals surface area contributed by atoms with Gasteiger partial charge in [0.2, 0.25) is 0 Å². The fraction of sp³-hybridized carbons (Fsp3) is 0.500. The molecule has 2 aromatic rings. The molecule has 1 fully saturated rings. The molecule has 3 N–H and O–H groups in total. The zero-order chi connectivity index (χ0) is 28.7. The Morgan fingerprint density at radius 3 is 2.33 bits per heavy atom. The summed E-state index contributed by atoms with van der Waals surface area (Å²) in [5.41, 5.74) is 1.87. The van der Waals surface area contributed by atoms with E-state index in [1.165, 1.54) is 25.3 Å². The monoisotopic (exact) mass is 563 g/mol. The summed E-state index contributed by atoms with van der Waals surface area (Å²) in [6.45, 7) is 6.65. The number of rotatable bonds is 11. The number of hydrogen-bond donors (Lipinski definition) is 3. The average Bonchev–Trinajstić information content (AvgIpc) is 2.87. The summed E-state index contributed by atoms with van der Waals surface area (Å²) < 4.78 is 43.7. The molecule has 0 radical (unpaired) electrons. The van der Waals surface area contributed by atoms with Gasteiger partial charge in [0.05, 0.1) is 42.1 Å². The number of aliphatic carboxylic acids is 1. The van der Waals surface area contributed by atoms with E-state index in [1.807, 2.05) is 19.1 Å². The van der Waals surface area contributed by atoms with E-state index in [0.717, 1.165) is 5.56 Å². The molecule has 2 aromatic carbocycles. The second kappa shape index (κ2) is 13.1. The van der Waals surface area contributed by atoms with E-state index in [0.29, 0.717) is 42.9 Å². The normalized spacial score (nSPS) is 15.9. The first-order valence-corrected chi connectivity index (χ1v) is 15.0. The lowest BCUT2D eigenvalue weighted by Gasteiger charge is -2.38. The molecule has 11 heteroatoms. The van der Waals surface area contributed by atoms with Crippen LogP contribution in [-0.4, -0.2) is 56.7 Å². The lowest BCUT2D eigenvalue weighted by Crippen LogP contribution is -2.43. The van der Waals surface area contributed by atoms with Crippen LogP contribution in [0.3, 0.4) is 0 Å². The highest BCUT2D eigenvalue weighted by atomic mass is 32.2. The highest BCUT2D eigenvalue weighted by Crippen LogP contribution is 2.36. The summed E-state index contributed by atoms with van der Waals surface area (Å²) in [4.78, 5) is 26.7. The van der Waals surface area contributed by atoms with Crippen molar-refractivity contribution in [1.29, 1.82) is 0 Å². The Morgan fingerprint density at radius 1 is 1.10 bits per heavy atom. The summed E-state index contributed by atoms with van der Waals surface area (Å²) in [7, 11) is -1.65. The number of carboxylic acid groups (broad SMARTS) is 1. The Kier molecular flexibility index (Phi) is 10.2. The number of urea groups is 1. The van der Waals surface area contributed by atoms with Gasteiger partial charge in [0.1, 0.15) is 21.4 Å². The fourth-order valence-electron chi connectivity index (χ4n) is 4.89. The molecule has 1 aliphatic rings. The maximum atomic E-state index is 14.5. The third-order valence-electron chi connectivity index (χ3n) is 6.91. The molecule has 1 heterocycles. The Morgan fingerprint density at radius 2 is 1.77 bits per heavy atom. The molecule has 214 valence electrons. The van der Waals surface area contributed by atoms with Gasteiger partial charge in [0.15, 0.2) is 0 Å². The molecule has 0 saturated carbocycles. The number of ether oxygens (including phenoxy) is 1. The highest BCUT2D eigenvalue weighted by molar-refractivity contribution is 7.91. The number of amides is 2. The first kappa shape index (κ1) is 30.2. The Hall–Kier alpha value is -3.34. The second-order valence-electron chi connectivity index (χ2n) is 10.3. The standard InChI is InChI=1S/C28H38FN3O6S/c1-5-19(15-27(33)34)20-6-9-26(32(17-18(2)3)21-10-12-39(36,37)13-11-21)25(14-20)31-28(35)30-24-8-7-22(38-4)16-23(24)29/h6-9,14,16,18-19,21H,5,10-13,15,17H2,1-4H3,(H,33,34)(H2,30,31,35)/t19-/m1/s1. The molecule has 0 aromatic heterocycles. The predicted octanol–water partition coefficient (Wildman–Crippen LogP) is 5.49. The van der Waals surface area contributed by atoms with Crippen molar-refractivity contribution < 1.29 is 32.2 Å². The number of hydrogen-bond acceptors (Lipinski definition) is 6. The van der Waals surface area contributed by atoms with Gasteiger partial charge in [-0.1, -0.05) is 26.8 Å². The molecule has 9 nitrogen and oxygen atoms in total. The molecular weight excluding hydrogens is 525 g/mol. The molecule has 1 atom stereocenters. The number of carbonyl (C=O) groups excluding carboxylic acids is 1. The van der Waals surface area contributed by atoms with Gasteiger partial charge in [-0.2, -0.15) is 0 Å². The lowest BCUT2D eigenvalue weighted by molar-refractivity contribution is -0.137. The number of methoxy groups -OCH3 is 1. The van der Waals surface area contributed by atoms with Crippen molar-refractivity contribution in [2.24, 2.45) is 5.92 Å².